The molecular weight excluding hydrogens is 433 g/mol. The van der Waals surface area contributed by atoms with E-state index in [4.69, 9.17) is 4.74 Å². The number of aromatic nitrogens is 1. The molecule has 34 heavy (non-hydrogen) atoms. The molecule has 3 atom stereocenters. The van der Waals surface area contributed by atoms with E-state index in [2.05, 4.69) is 15.2 Å². The standard InChI is InChI=1S/C27H36FN3O3/c1-27(2,3)34-22-8-9-23(29-16-22)26(33)24(17-31-10-4-5-11-31)30-25(32)14-18-12-19-6-7-21(28)15-20(19)13-18/h6-9,15-16,18,24,26,33H,4-5,10-14,17H2,1-3H3,(H,30,32)/t18?,24-,26-/m1/s1. The Morgan fingerprint density at radius 3 is 2.62 bits per heavy atom. The molecule has 1 fully saturated rings. The highest BCUT2D eigenvalue weighted by atomic mass is 19.1. The zero-order valence-corrected chi connectivity index (χ0v) is 20.4. The van der Waals surface area contributed by atoms with Gasteiger partial charge in [-0.3, -0.25) is 9.78 Å². The van der Waals surface area contributed by atoms with E-state index in [-0.39, 0.29) is 23.2 Å². The lowest BCUT2D eigenvalue weighted by atomic mass is 10.0. The van der Waals surface area contributed by atoms with E-state index in [9.17, 15) is 14.3 Å². The fourth-order valence-corrected chi connectivity index (χ4v) is 5.00. The van der Waals surface area contributed by atoms with Crippen molar-refractivity contribution in [1.29, 1.82) is 0 Å². The first kappa shape index (κ1) is 24.6. The predicted octanol–water partition coefficient (Wildman–Crippen LogP) is 3.82. The fourth-order valence-electron chi connectivity index (χ4n) is 5.00. The minimum atomic E-state index is -0.928. The topological polar surface area (TPSA) is 74.7 Å². The van der Waals surface area contributed by atoms with Gasteiger partial charge < -0.3 is 20.1 Å². The molecule has 184 valence electrons. The van der Waals surface area contributed by atoms with Crippen LogP contribution in [0, 0.1) is 11.7 Å². The third-order valence-corrected chi connectivity index (χ3v) is 6.53. The summed E-state index contributed by atoms with van der Waals surface area (Å²) in [6.45, 7) is 8.41. The number of benzene rings is 1. The Morgan fingerprint density at radius 2 is 1.94 bits per heavy atom. The maximum absolute atomic E-state index is 13.5. The number of nitrogens with one attached hydrogen (secondary N) is 1. The van der Waals surface area contributed by atoms with Crippen LogP contribution in [-0.2, 0) is 17.6 Å². The number of pyridine rings is 1. The summed E-state index contributed by atoms with van der Waals surface area (Å²) in [4.78, 5) is 19.7. The lowest BCUT2D eigenvalue weighted by Gasteiger charge is -2.29. The zero-order chi connectivity index (χ0) is 24.3. The van der Waals surface area contributed by atoms with Crippen LogP contribution in [0.1, 0.15) is 63.0 Å². The number of nitrogens with zero attached hydrogens (tertiary/aromatic N) is 2. The second-order valence-corrected chi connectivity index (χ2v) is 10.7. The smallest absolute Gasteiger partial charge is 0.220 e. The van der Waals surface area contributed by atoms with E-state index in [0.717, 1.165) is 43.5 Å². The van der Waals surface area contributed by atoms with Gasteiger partial charge in [0.1, 0.15) is 23.3 Å². The molecule has 1 aromatic heterocycles. The van der Waals surface area contributed by atoms with Gasteiger partial charge in [-0.05, 0) is 101 Å². The summed E-state index contributed by atoms with van der Waals surface area (Å²) >= 11 is 0. The minimum absolute atomic E-state index is 0.0887. The highest BCUT2D eigenvalue weighted by Gasteiger charge is 2.30. The Kier molecular flexibility index (Phi) is 7.53. The number of halogens is 1. The highest BCUT2D eigenvalue weighted by Crippen LogP contribution is 2.30. The van der Waals surface area contributed by atoms with Crippen LogP contribution in [0.15, 0.2) is 36.5 Å². The third kappa shape index (κ3) is 6.54. The number of ether oxygens (including phenoxy) is 1. The fraction of sp³-hybridized carbons (Fsp3) is 0.556. The van der Waals surface area contributed by atoms with Crippen molar-refractivity contribution < 1.29 is 19.0 Å². The van der Waals surface area contributed by atoms with Gasteiger partial charge in [-0.1, -0.05) is 6.07 Å². The van der Waals surface area contributed by atoms with Crippen molar-refractivity contribution in [2.75, 3.05) is 19.6 Å². The molecule has 4 rings (SSSR count). The number of likely N-dealkylation sites (tertiary alicyclic amines) is 1. The summed E-state index contributed by atoms with van der Waals surface area (Å²) in [5, 5.41) is 14.2. The molecule has 1 aliphatic carbocycles. The molecule has 7 heteroatoms. The highest BCUT2D eigenvalue weighted by molar-refractivity contribution is 5.77. The molecular formula is C27H36FN3O3. The number of fused-ring (bicyclic) bond motifs is 1. The predicted molar refractivity (Wildman–Crippen MR) is 129 cm³/mol. The molecule has 0 spiro atoms. The molecule has 2 aromatic rings. The van der Waals surface area contributed by atoms with Crippen molar-refractivity contribution in [3.63, 3.8) is 0 Å². The van der Waals surface area contributed by atoms with Crippen LogP contribution < -0.4 is 10.1 Å². The average molecular weight is 470 g/mol. The van der Waals surface area contributed by atoms with E-state index < -0.39 is 12.1 Å². The van der Waals surface area contributed by atoms with Gasteiger partial charge in [-0.2, -0.15) is 0 Å². The molecule has 1 saturated heterocycles. The van der Waals surface area contributed by atoms with Crippen molar-refractivity contribution in [3.8, 4) is 5.75 Å². The lowest BCUT2D eigenvalue weighted by molar-refractivity contribution is -0.123. The Bertz CT molecular complexity index is 984. The quantitative estimate of drug-likeness (QED) is 0.615. The molecule has 0 bridgehead atoms. The van der Waals surface area contributed by atoms with Crippen molar-refractivity contribution >= 4 is 5.91 Å². The number of amides is 1. The maximum atomic E-state index is 13.5. The average Bonchev–Trinajstić information content (AvgIpc) is 3.41. The molecule has 0 radical (unpaired) electrons. The van der Waals surface area contributed by atoms with Crippen molar-refractivity contribution in [3.05, 3.63) is 59.2 Å². The maximum Gasteiger partial charge on any atom is 0.220 e. The first-order valence-corrected chi connectivity index (χ1v) is 12.3. The van der Waals surface area contributed by atoms with E-state index in [1.54, 1.807) is 24.4 Å². The number of carbonyl (C=O) groups excluding carboxylic acids is 1. The van der Waals surface area contributed by atoms with Crippen molar-refractivity contribution in [2.24, 2.45) is 5.92 Å². The molecule has 0 saturated carbocycles. The largest absolute Gasteiger partial charge is 0.487 e. The van der Waals surface area contributed by atoms with Gasteiger partial charge in [0, 0.05) is 13.0 Å². The van der Waals surface area contributed by atoms with Crippen molar-refractivity contribution in [1.82, 2.24) is 15.2 Å². The normalized spacial score (nSPS) is 20.1. The summed E-state index contributed by atoms with van der Waals surface area (Å²) in [6, 6.07) is 7.98. The summed E-state index contributed by atoms with van der Waals surface area (Å²) in [5.41, 5.74) is 2.29. The summed E-state index contributed by atoms with van der Waals surface area (Å²) in [6.07, 6.45) is 4.78. The monoisotopic (exact) mass is 469 g/mol. The summed E-state index contributed by atoms with van der Waals surface area (Å²) in [7, 11) is 0. The third-order valence-electron chi connectivity index (χ3n) is 6.53. The van der Waals surface area contributed by atoms with Crippen LogP contribution in [0.5, 0.6) is 5.75 Å². The summed E-state index contributed by atoms with van der Waals surface area (Å²) in [5.74, 6) is 0.465. The Balaban J connectivity index is 1.40. The van der Waals surface area contributed by atoms with Gasteiger partial charge in [0.05, 0.1) is 17.9 Å². The van der Waals surface area contributed by atoms with Gasteiger partial charge in [0.2, 0.25) is 5.91 Å². The number of hydrogen-bond acceptors (Lipinski definition) is 5. The molecule has 2 heterocycles. The van der Waals surface area contributed by atoms with Gasteiger partial charge in [-0.15, -0.1) is 0 Å². The molecule has 1 amide bonds. The van der Waals surface area contributed by atoms with Crippen LogP contribution in [0.3, 0.4) is 0 Å². The second kappa shape index (κ2) is 10.4. The van der Waals surface area contributed by atoms with Crippen LogP contribution in [0.2, 0.25) is 0 Å². The first-order valence-electron chi connectivity index (χ1n) is 12.3. The molecule has 6 nitrogen and oxygen atoms in total. The van der Waals surface area contributed by atoms with Crippen LogP contribution in [0.25, 0.3) is 0 Å². The lowest BCUT2D eigenvalue weighted by Crippen LogP contribution is -2.47. The molecule has 1 aromatic carbocycles. The van der Waals surface area contributed by atoms with Crippen LogP contribution >= 0.6 is 0 Å². The van der Waals surface area contributed by atoms with E-state index >= 15 is 0 Å². The summed E-state index contributed by atoms with van der Waals surface area (Å²) < 4.78 is 19.4. The van der Waals surface area contributed by atoms with Gasteiger partial charge in [-0.25, -0.2) is 4.39 Å². The minimum Gasteiger partial charge on any atom is -0.487 e. The zero-order valence-electron chi connectivity index (χ0n) is 20.4. The van der Waals surface area contributed by atoms with E-state index in [1.807, 2.05) is 26.8 Å². The Labute approximate surface area is 201 Å². The molecule has 1 unspecified atom stereocenters. The van der Waals surface area contributed by atoms with Gasteiger partial charge >= 0.3 is 0 Å². The van der Waals surface area contributed by atoms with E-state index in [0.29, 0.717) is 30.8 Å². The molecule has 2 N–H and O–H groups in total. The first-order chi connectivity index (χ1) is 16.2. The van der Waals surface area contributed by atoms with Gasteiger partial charge in [0.25, 0.3) is 0 Å². The molecule has 1 aliphatic heterocycles. The second-order valence-electron chi connectivity index (χ2n) is 10.7. The van der Waals surface area contributed by atoms with Crippen molar-refractivity contribution in [2.45, 2.75) is 70.6 Å². The van der Waals surface area contributed by atoms with Crippen LogP contribution in [0.4, 0.5) is 4.39 Å². The molecule has 2 aliphatic rings. The number of carbonyl (C=O) groups is 1. The van der Waals surface area contributed by atoms with Gasteiger partial charge in [0.15, 0.2) is 0 Å². The van der Waals surface area contributed by atoms with E-state index in [1.165, 1.54) is 6.07 Å². The number of aliphatic hydroxyl groups excluding tert-OH is 1. The number of aliphatic hydroxyl groups is 1. The SMILES string of the molecule is CC(C)(C)Oc1ccc([C@@H](O)[C@@H](CN2CCCC2)NC(=O)CC2Cc3ccc(F)cc3C2)nc1. The Morgan fingerprint density at radius 1 is 1.21 bits per heavy atom. The Hall–Kier alpha value is -2.51. The van der Waals surface area contributed by atoms with Crippen LogP contribution in [-0.4, -0.2) is 52.2 Å². The number of hydrogen-bond donors (Lipinski definition) is 2. The number of rotatable bonds is 8.